The molecule has 1 aliphatic heterocycles. The van der Waals surface area contributed by atoms with Crippen LogP contribution in [0.1, 0.15) is 11.3 Å². The Kier molecular flexibility index (Phi) is 6.91. The van der Waals surface area contributed by atoms with E-state index >= 15 is 0 Å². The third-order valence-corrected chi connectivity index (χ3v) is 6.38. The number of carbonyl (C=O) groups excluding carboxylic acids is 1. The van der Waals surface area contributed by atoms with Gasteiger partial charge >= 0.3 is 0 Å². The van der Waals surface area contributed by atoms with Crippen molar-refractivity contribution in [3.05, 3.63) is 64.0 Å². The van der Waals surface area contributed by atoms with E-state index in [2.05, 4.69) is 48.9 Å². The third-order valence-electron chi connectivity index (χ3n) is 5.75. The molecule has 6 nitrogen and oxygen atoms in total. The summed E-state index contributed by atoms with van der Waals surface area (Å²) >= 11 is 3.39. The number of aromatic nitrogens is 1. The first-order valence-electron chi connectivity index (χ1n) is 10.6. The minimum Gasteiger partial charge on any atom is -0.482 e. The molecule has 2 aromatic carbocycles. The topological polar surface area (TPSA) is 71.7 Å². The maximum absolute atomic E-state index is 14.5. The van der Waals surface area contributed by atoms with Crippen molar-refractivity contribution in [1.29, 1.82) is 0 Å². The Bertz CT molecular complexity index is 1130. The summed E-state index contributed by atoms with van der Waals surface area (Å²) in [5.74, 6) is -0.590. The quantitative estimate of drug-likeness (QED) is 0.535. The van der Waals surface area contributed by atoms with Gasteiger partial charge in [-0.15, -0.1) is 0 Å². The van der Waals surface area contributed by atoms with E-state index in [-0.39, 0.29) is 12.4 Å². The lowest BCUT2D eigenvalue weighted by molar-refractivity contribution is -0.119. The van der Waals surface area contributed by atoms with Gasteiger partial charge < -0.3 is 15.4 Å². The molecular formula is C24H26BrFN4O2. The molecule has 0 bridgehead atoms. The zero-order chi connectivity index (χ0) is 22.7. The number of hydrogen-bond donors (Lipinski definition) is 1. The Morgan fingerprint density at radius 2 is 1.94 bits per heavy atom. The molecule has 1 saturated heterocycles. The lowest BCUT2D eigenvalue weighted by atomic mass is 10.1. The molecule has 2 N–H and O–H groups in total. The van der Waals surface area contributed by atoms with Gasteiger partial charge in [-0.3, -0.25) is 14.7 Å². The van der Waals surface area contributed by atoms with Crippen molar-refractivity contribution in [2.75, 3.05) is 44.2 Å². The molecule has 2 heterocycles. The van der Waals surface area contributed by atoms with Gasteiger partial charge in [-0.25, -0.2) is 4.39 Å². The number of primary amides is 1. The van der Waals surface area contributed by atoms with Crippen molar-refractivity contribution in [3.8, 4) is 5.75 Å². The van der Waals surface area contributed by atoms with Crippen LogP contribution in [0.15, 0.2) is 46.9 Å². The van der Waals surface area contributed by atoms with Gasteiger partial charge in [0.25, 0.3) is 5.91 Å². The number of anilines is 1. The first-order chi connectivity index (χ1) is 15.4. The molecule has 1 amide bonds. The summed E-state index contributed by atoms with van der Waals surface area (Å²) in [5, 5.41) is 1.17. The van der Waals surface area contributed by atoms with Gasteiger partial charge in [0, 0.05) is 55.1 Å². The molecule has 8 heteroatoms. The summed E-state index contributed by atoms with van der Waals surface area (Å²) < 4.78 is 20.6. The number of pyridine rings is 1. The summed E-state index contributed by atoms with van der Waals surface area (Å²) in [6.45, 7) is 5.95. The van der Waals surface area contributed by atoms with Gasteiger partial charge in [-0.1, -0.05) is 6.07 Å². The summed E-state index contributed by atoms with van der Waals surface area (Å²) in [4.78, 5) is 20.5. The fourth-order valence-corrected chi connectivity index (χ4v) is 4.59. The number of ether oxygens (including phenoxy) is 1. The molecule has 0 saturated carbocycles. The van der Waals surface area contributed by atoms with E-state index in [1.807, 2.05) is 19.1 Å². The number of rotatable bonds is 7. The fraction of sp³-hybridized carbons (Fsp3) is 0.333. The molecule has 32 heavy (non-hydrogen) atoms. The maximum atomic E-state index is 14.5. The van der Waals surface area contributed by atoms with Crippen LogP contribution in [-0.4, -0.2) is 55.1 Å². The van der Waals surface area contributed by atoms with Gasteiger partial charge in [0.2, 0.25) is 0 Å². The molecule has 0 radical (unpaired) electrons. The molecule has 168 valence electrons. The van der Waals surface area contributed by atoms with E-state index in [0.717, 1.165) is 37.4 Å². The molecule has 1 aliphatic rings. The summed E-state index contributed by atoms with van der Waals surface area (Å²) in [6.07, 6.45) is 0.483. The zero-order valence-corrected chi connectivity index (χ0v) is 19.6. The number of fused-ring (bicyclic) bond motifs is 1. The predicted molar refractivity (Wildman–Crippen MR) is 128 cm³/mol. The highest BCUT2D eigenvalue weighted by Crippen LogP contribution is 2.32. The smallest absolute Gasteiger partial charge is 0.255 e. The number of carbonyl (C=O) groups is 1. The third kappa shape index (κ3) is 5.02. The van der Waals surface area contributed by atoms with E-state index in [9.17, 15) is 9.18 Å². The highest BCUT2D eigenvalue weighted by atomic mass is 79.9. The highest BCUT2D eigenvalue weighted by molar-refractivity contribution is 9.10. The van der Waals surface area contributed by atoms with Crippen molar-refractivity contribution < 1.29 is 13.9 Å². The fourth-order valence-electron chi connectivity index (χ4n) is 4.11. The lowest BCUT2D eigenvalue weighted by Crippen LogP contribution is -2.47. The number of nitrogens with zero attached hydrogens (tertiary/aromatic N) is 3. The number of benzene rings is 2. The van der Waals surface area contributed by atoms with Crippen molar-refractivity contribution >= 4 is 38.4 Å². The molecule has 0 aliphatic carbocycles. The number of piperazine rings is 1. The van der Waals surface area contributed by atoms with Crippen LogP contribution >= 0.6 is 15.9 Å². The van der Waals surface area contributed by atoms with Gasteiger partial charge in [-0.05, 0) is 65.7 Å². The molecule has 4 rings (SSSR count). The van der Waals surface area contributed by atoms with Crippen LogP contribution in [0.3, 0.4) is 0 Å². The number of halogens is 2. The Morgan fingerprint density at radius 1 is 1.16 bits per heavy atom. The number of amides is 1. The Morgan fingerprint density at radius 3 is 2.69 bits per heavy atom. The molecular weight excluding hydrogens is 475 g/mol. The van der Waals surface area contributed by atoms with Gasteiger partial charge in [-0.2, -0.15) is 0 Å². The van der Waals surface area contributed by atoms with Crippen LogP contribution in [0.2, 0.25) is 0 Å². The summed E-state index contributed by atoms with van der Waals surface area (Å²) in [5.41, 5.74) is 8.87. The average molecular weight is 501 g/mol. The largest absolute Gasteiger partial charge is 0.482 e. The Hall–Kier alpha value is -2.71. The molecule has 0 atom stereocenters. The average Bonchev–Trinajstić information content (AvgIpc) is 2.78. The Labute approximate surface area is 195 Å². The number of nitrogens with two attached hydrogens (primary N) is 1. The minimum absolute atomic E-state index is 0.285. The van der Waals surface area contributed by atoms with E-state index in [1.54, 1.807) is 6.07 Å². The van der Waals surface area contributed by atoms with Gasteiger partial charge in [0.15, 0.2) is 6.61 Å². The van der Waals surface area contributed by atoms with Gasteiger partial charge in [0.05, 0.1) is 9.99 Å². The molecule has 0 spiro atoms. The minimum atomic E-state index is -0.595. The molecule has 3 aromatic rings. The first kappa shape index (κ1) is 22.5. The van der Waals surface area contributed by atoms with Gasteiger partial charge in [0.1, 0.15) is 11.6 Å². The lowest BCUT2D eigenvalue weighted by Gasteiger charge is -2.36. The number of aryl methyl sites for hydroxylation is 1. The first-order valence-corrected chi connectivity index (χ1v) is 11.4. The van der Waals surface area contributed by atoms with Crippen LogP contribution in [0, 0.1) is 12.7 Å². The predicted octanol–water partition coefficient (Wildman–Crippen LogP) is 3.67. The van der Waals surface area contributed by atoms with Crippen LogP contribution in [0.4, 0.5) is 10.1 Å². The SMILES string of the molecule is Cc1ccc2c(N3CCN(CCc4c(F)ccc(Br)c4OCC(N)=O)CC3)cccc2n1. The second-order valence-corrected chi connectivity index (χ2v) is 8.82. The monoisotopic (exact) mass is 500 g/mol. The highest BCUT2D eigenvalue weighted by Gasteiger charge is 2.21. The molecule has 1 fully saturated rings. The van der Waals surface area contributed by atoms with E-state index in [1.165, 1.54) is 17.1 Å². The van der Waals surface area contributed by atoms with Crippen molar-refractivity contribution in [1.82, 2.24) is 9.88 Å². The maximum Gasteiger partial charge on any atom is 0.255 e. The normalized spacial score (nSPS) is 14.7. The Balaban J connectivity index is 1.41. The van der Waals surface area contributed by atoms with Crippen molar-refractivity contribution in [2.24, 2.45) is 5.73 Å². The van der Waals surface area contributed by atoms with Crippen LogP contribution in [-0.2, 0) is 11.2 Å². The second-order valence-electron chi connectivity index (χ2n) is 7.97. The summed E-state index contributed by atoms with van der Waals surface area (Å²) in [7, 11) is 0. The van der Waals surface area contributed by atoms with E-state index in [0.29, 0.717) is 28.8 Å². The van der Waals surface area contributed by atoms with E-state index in [4.69, 9.17) is 10.5 Å². The van der Waals surface area contributed by atoms with Crippen LogP contribution < -0.4 is 15.4 Å². The second kappa shape index (κ2) is 9.83. The zero-order valence-electron chi connectivity index (χ0n) is 18.0. The van der Waals surface area contributed by atoms with Crippen molar-refractivity contribution in [3.63, 3.8) is 0 Å². The number of hydrogen-bond acceptors (Lipinski definition) is 5. The molecule has 1 aromatic heterocycles. The standard InChI is InChI=1S/C24H26BrFN4O2/c1-16-5-6-18-21(28-16)3-2-4-22(18)30-13-11-29(12-14-30)10-9-17-20(26)8-7-19(25)24(17)32-15-23(27)31/h2-8H,9-15H2,1H3,(H2,27,31). The summed E-state index contributed by atoms with van der Waals surface area (Å²) in [6, 6.07) is 13.4. The van der Waals surface area contributed by atoms with Crippen molar-refractivity contribution in [2.45, 2.75) is 13.3 Å². The van der Waals surface area contributed by atoms with Crippen LogP contribution in [0.5, 0.6) is 5.75 Å². The van der Waals surface area contributed by atoms with Crippen LogP contribution in [0.25, 0.3) is 10.9 Å². The molecule has 0 unspecified atom stereocenters. The van der Waals surface area contributed by atoms with E-state index < -0.39 is 5.91 Å².